The molecule has 1 radical (unpaired) electrons. The van der Waals surface area contributed by atoms with Gasteiger partial charge in [0.2, 0.25) is 0 Å². The van der Waals surface area contributed by atoms with Crippen LogP contribution in [0, 0.1) is 13.8 Å². The van der Waals surface area contributed by atoms with Crippen LogP contribution in [0.3, 0.4) is 0 Å². The fourth-order valence-electron chi connectivity index (χ4n) is 5.57. The second-order valence-corrected chi connectivity index (χ2v) is 12.6. The predicted octanol–water partition coefficient (Wildman–Crippen LogP) is 12.5. The van der Waals surface area contributed by atoms with Crippen LogP contribution >= 0.6 is 11.3 Å². The Hall–Kier alpha value is -5.78. The first-order chi connectivity index (χ1) is 23.1. The summed E-state index contributed by atoms with van der Waals surface area (Å²) in [5, 5.41) is 16.1. The molecule has 0 saturated carbocycles. The summed E-state index contributed by atoms with van der Waals surface area (Å²) in [5.74, 6) is 0. The number of hydrogen-bond donors (Lipinski definition) is 3. The lowest BCUT2D eigenvalue weighted by atomic mass is 10.0. The molecule has 1 heterocycles. The van der Waals surface area contributed by atoms with Crippen LogP contribution in [-0.4, -0.2) is 0 Å². The largest absolute Gasteiger partial charge is 0.355 e. The summed E-state index contributed by atoms with van der Waals surface area (Å²) in [5.41, 5.74) is 12.7. The lowest BCUT2D eigenvalue weighted by Gasteiger charge is -2.17. The van der Waals surface area contributed by atoms with E-state index in [9.17, 15) is 0 Å². The maximum atomic E-state index is 5.11. The van der Waals surface area contributed by atoms with E-state index in [1.807, 2.05) is 60.7 Å². The fraction of sp³-hybridized carbons (Fsp3) is 0.0476. The zero-order valence-electron chi connectivity index (χ0n) is 26.4. The number of aryl methyl sites for hydroxylation is 2. The molecule has 5 heteroatoms. The maximum Gasteiger partial charge on any atom is 0.0727 e. The molecule has 0 aliphatic heterocycles. The van der Waals surface area contributed by atoms with Crippen molar-refractivity contribution in [3.63, 3.8) is 0 Å². The van der Waals surface area contributed by atoms with Crippen LogP contribution in [0.15, 0.2) is 158 Å². The fourth-order valence-corrected chi connectivity index (χ4v) is 6.63. The number of nitrogens with one attached hydrogen (secondary N) is 3. The summed E-state index contributed by atoms with van der Waals surface area (Å²) in [6.45, 7) is 4.28. The molecule has 0 unspecified atom stereocenters. The normalized spacial score (nSPS) is 10.8. The molecule has 47 heavy (non-hydrogen) atoms. The molecule has 7 aromatic rings. The van der Waals surface area contributed by atoms with Gasteiger partial charge in [-0.25, -0.2) is 5.32 Å². The lowest BCUT2D eigenvalue weighted by molar-refractivity contribution is 1.18. The van der Waals surface area contributed by atoms with E-state index in [2.05, 4.69) is 127 Å². The molecule has 7 rings (SSSR count). The smallest absolute Gasteiger partial charge is 0.0727 e. The van der Waals surface area contributed by atoms with Crippen LogP contribution in [-0.2, 0) is 0 Å². The number of para-hydroxylation sites is 4. The molecule has 0 spiro atoms. The van der Waals surface area contributed by atoms with Crippen LogP contribution in [0.5, 0.6) is 0 Å². The highest BCUT2D eigenvalue weighted by Crippen LogP contribution is 2.45. The molecule has 0 aliphatic carbocycles. The Kier molecular flexibility index (Phi) is 8.71. The monoisotopic (exact) mass is 627 g/mol. The Balaban J connectivity index is 1.32. The van der Waals surface area contributed by atoms with Gasteiger partial charge in [-0.15, -0.1) is 11.3 Å². The number of hydrogen-bond acceptors (Lipinski definition) is 4. The van der Waals surface area contributed by atoms with Gasteiger partial charge >= 0.3 is 0 Å². The van der Waals surface area contributed by atoms with Crippen molar-refractivity contribution >= 4 is 56.8 Å². The van der Waals surface area contributed by atoms with Crippen molar-refractivity contribution in [1.82, 2.24) is 5.32 Å². The van der Waals surface area contributed by atoms with Gasteiger partial charge in [-0.05, 0) is 110 Å². The van der Waals surface area contributed by atoms with Crippen molar-refractivity contribution in [3.05, 3.63) is 169 Å². The summed E-state index contributed by atoms with van der Waals surface area (Å²) < 4.78 is 0. The highest BCUT2D eigenvalue weighted by atomic mass is 32.1. The van der Waals surface area contributed by atoms with Gasteiger partial charge in [-0.2, -0.15) is 0 Å². The average molecular weight is 628 g/mol. The molecule has 0 fully saturated rings. The first kappa shape index (κ1) is 29.9. The third kappa shape index (κ3) is 7.06. The molecular weight excluding hydrogens is 593 g/mol. The van der Waals surface area contributed by atoms with Crippen LogP contribution in [0.1, 0.15) is 11.1 Å². The van der Waals surface area contributed by atoms with E-state index in [1.54, 1.807) is 11.3 Å². The summed E-state index contributed by atoms with van der Waals surface area (Å²) in [7, 11) is 0. The molecule has 4 nitrogen and oxygen atoms in total. The van der Waals surface area contributed by atoms with Gasteiger partial charge in [0.1, 0.15) is 0 Å². The number of anilines is 6. The van der Waals surface area contributed by atoms with Gasteiger partial charge in [0.25, 0.3) is 0 Å². The van der Waals surface area contributed by atoms with E-state index < -0.39 is 0 Å². The molecule has 0 atom stereocenters. The van der Waals surface area contributed by atoms with Crippen LogP contribution < -0.4 is 21.3 Å². The second kappa shape index (κ2) is 13.7. The van der Waals surface area contributed by atoms with E-state index in [-0.39, 0.29) is 0 Å². The molecule has 6 aromatic carbocycles. The number of benzene rings is 6. The zero-order valence-corrected chi connectivity index (χ0v) is 27.2. The van der Waals surface area contributed by atoms with Gasteiger partial charge in [0.05, 0.1) is 11.4 Å². The number of nitrogens with zero attached hydrogens (tertiary/aromatic N) is 1. The van der Waals surface area contributed by atoms with Crippen molar-refractivity contribution in [2.24, 2.45) is 0 Å². The molecule has 0 amide bonds. The Morgan fingerprint density at radius 3 is 1.38 bits per heavy atom. The predicted molar refractivity (Wildman–Crippen MR) is 202 cm³/mol. The van der Waals surface area contributed by atoms with Gasteiger partial charge < -0.3 is 16.0 Å². The van der Waals surface area contributed by atoms with E-state index in [4.69, 9.17) is 5.32 Å². The Labute approximate surface area is 280 Å². The minimum Gasteiger partial charge on any atom is -0.355 e. The summed E-state index contributed by atoms with van der Waals surface area (Å²) >= 11 is 1.77. The molecule has 3 N–H and O–H groups in total. The molecule has 0 aliphatic rings. The van der Waals surface area contributed by atoms with Gasteiger partial charge in [0.15, 0.2) is 0 Å². The Bertz CT molecular complexity index is 1940. The van der Waals surface area contributed by atoms with Crippen molar-refractivity contribution < 1.29 is 0 Å². The van der Waals surface area contributed by atoms with E-state index in [0.29, 0.717) is 0 Å². The average Bonchev–Trinajstić information content (AvgIpc) is 3.59. The van der Waals surface area contributed by atoms with Crippen molar-refractivity contribution in [2.75, 3.05) is 16.0 Å². The van der Waals surface area contributed by atoms with E-state index in [0.717, 1.165) is 72.6 Å². The van der Waals surface area contributed by atoms with Crippen LogP contribution in [0.4, 0.5) is 45.5 Å². The quantitative estimate of drug-likeness (QED) is 0.141. The first-order valence-corrected chi connectivity index (χ1v) is 16.5. The summed E-state index contributed by atoms with van der Waals surface area (Å²) in [6.07, 6.45) is 0. The van der Waals surface area contributed by atoms with Crippen molar-refractivity contribution in [3.8, 4) is 20.9 Å². The molecule has 0 bridgehead atoms. The third-order valence-corrected chi connectivity index (χ3v) is 9.16. The van der Waals surface area contributed by atoms with Gasteiger partial charge in [0, 0.05) is 55.0 Å². The van der Waals surface area contributed by atoms with E-state index in [1.165, 1.54) is 4.88 Å². The standard InChI is InChI=1S/C42H35N4S/c1-29-25-39(45-33-19-11-5-12-20-33)35(27-37(29)43-31-15-7-3-8-16-31)41-23-24-42(47-41)36-28-38(44-32-17-9-4-10-18-32)30(2)26-40(36)46-34-21-13-6-14-22-34/h3-28,43-45H,1-2H3. The minimum absolute atomic E-state index is 0.929. The Morgan fingerprint density at radius 1 is 0.426 bits per heavy atom. The maximum absolute atomic E-state index is 5.11. The minimum atomic E-state index is 0.929. The molecule has 1 aromatic heterocycles. The summed E-state index contributed by atoms with van der Waals surface area (Å²) in [4.78, 5) is 2.31. The highest BCUT2D eigenvalue weighted by molar-refractivity contribution is 7.19. The molecular formula is C42H35N4S. The van der Waals surface area contributed by atoms with Crippen LogP contribution in [0.25, 0.3) is 20.9 Å². The first-order valence-electron chi connectivity index (χ1n) is 15.7. The highest BCUT2D eigenvalue weighted by Gasteiger charge is 2.17. The lowest BCUT2D eigenvalue weighted by Crippen LogP contribution is -1.98. The SMILES string of the molecule is Cc1cc([N]c2ccccc2)c(-c2ccc(-c3cc(Nc4ccccc4)c(C)cc3Nc3ccccc3)s2)cc1Nc1ccccc1. The number of rotatable bonds is 10. The van der Waals surface area contributed by atoms with Gasteiger partial charge in [-0.3, -0.25) is 0 Å². The second-order valence-electron chi connectivity index (χ2n) is 11.5. The topological polar surface area (TPSA) is 50.2 Å². The molecule has 0 saturated heterocycles. The van der Waals surface area contributed by atoms with Crippen molar-refractivity contribution in [2.45, 2.75) is 13.8 Å². The summed E-state index contributed by atoms with van der Waals surface area (Å²) in [6, 6.07) is 54.5. The zero-order chi connectivity index (χ0) is 32.0. The number of thiophene rings is 1. The van der Waals surface area contributed by atoms with Gasteiger partial charge in [-0.1, -0.05) is 72.8 Å². The van der Waals surface area contributed by atoms with E-state index >= 15 is 0 Å². The van der Waals surface area contributed by atoms with Crippen molar-refractivity contribution in [1.29, 1.82) is 0 Å². The van der Waals surface area contributed by atoms with Crippen LogP contribution in [0.2, 0.25) is 0 Å². The third-order valence-electron chi connectivity index (χ3n) is 8.01. The Morgan fingerprint density at radius 2 is 0.851 bits per heavy atom. The molecule has 229 valence electrons.